The topological polar surface area (TPSA) is 53.1 Å². The third kappa shape index (κ3) is 4.69. The number of anilines is 2. The van der Waals surface area contributed by atoms with Gasteiger partial charge in [-0.2, -0.15) is 0 Å². The highest BCUT2D eigenvalue weighted by Gasteiger charge is 2.34. The number of hydrogen-bond acceptors (Lipinski definition) is 4. The lowest BCUT2D eigenvalue weighted by Crippen LogP contribution is -2.56. The maximum Gasteiger partial charge on any atom is 0.294 e. The van der Waals surface area contributed by atoms with Crippen molar-refractivity contribution in [1.82, 2.24) is 4.90 Å². The van der Waals surface area contributed by atoms with Crippen LogP contribution in [0.4, 0.5) is 15.8 Å². The average Bonchev–Trinajstić information content (AvgIpc) is 2.87. The Morgan fingerprint density at radius 1 is 1.06 bits per heavy atom. The molecule has 0 radical (unpaired) electrons. The Morgan fingerprint density at radius 2 is 1.83 bits per heavy atom. The summed E-state index contributed by atoms with van der Waals surface area (Å²) in [6.45, 7) is 5.89. The van der Waals surface area contributed by atoms with Gasteiger partial charge in [0.15, 0.2) is 11.5 Å². The number of amides is 2. The summed E-state index contributed by atoms with van der Waals surface area (Å²) in [6.07, 6.45) is 1.38. The molecule has 2 heterocycles. The Labute approximate surface area is 210 Å². The van der Waals surface area contributed by atoms with Crippen molar-refractivity contribution in [2.45, 2.75) is 19.9 Å². The fraction of sp³-hybridized carbons (Fsp3) is 0.241. The summed E-state index contributed by atoms with van der Waals surface area (Å²) < 4.78 is 20.1. The summed E-state index contributed by atoms with van der Waals surface area (Å²) in [6, 6.07) is 21.7. The first-order valence-corrected chi connectivity index (χ1v) is 12.1. The second-order valence-corrected chi connectivity index (χ2v) is 9.21. The minimum atomic E-state index is -0.475. The van der Waals surface area contributed by atoms with E-state index in [-0.39, 0.29) is 29.8 Å². The van der Waals surface area contributed by atoms with Gasteiger partial charge in [0, 0.05) is 36.9 Å². The van der Waals surface area contributed by atoms with Gasteiger partial charge in [-0.3, -0.25) is 14.5 Å². The average molecular weight is 486 g/mol. The number of fused-ring (bicyclic) bond motifs is 1. The van der Waals surface area contributed by atoms with Crippen LogP contribution in [0.1, 0.15) is 18.1 Å². The SMILES string of the molecule is Cc1cccc(N2CCN(C(=O)CN3C(=O)C(=Cc4ccccc4F)Oc4ccccc43)CC2C)c1. The summed E-state index contributed by atoms with van der Waals surface area (Å²) in [5.74, 6) is -0.643. The Kier molecular flexibility index (Phi) is 6.46. The van der Waals surface area contributed by atoms with Crippen LogP contribution in [0.5, 0.6) is 5.75 Å². The fourth-order valence-corrected chi connectivity index (χ4v) is 4.76. The molecule has 7 heteroatoms. The normalized spacial score (nSPS) is 18.8. The smallest absolute Gasteiger partial charge is 0.294 e. The molecule has 2 amide bonds. The summed E-state index contributed by atoms with van der Waals surface area (Å²) in [7, 11) is 0. The molecule has 3 aromatic carbocycles. The highest BCUT2D eigenvalue weighted by molar-refractivity contribution is 6.12. The third-order valence-electron chi connectivity index (χ3n) is 6.63. The van der Waals surface area contributed by atoms with Crippen LogP contribution in [0.15, 0.2) is 78.6 Å². The maximum absolute atomic E-state index is 14.2. The van der Waals surface area contributed by atoms with Gasteiger partial charge in [0.25, 0.3) is 5.91 Å². The van der Waals surface area contributed by atoms with Crippen molar-refractivity contribution in [2.24, 2.45) is 0 Å². The number of halogens is 1. The molecule has 0 aliphatic carbocycles. The molecule has 0 spiro atoms. The van der Waals surface area contributed by atoms with Crippen molar-refractivity contribution in [3.63, 3.8) is 0 Å². The quantitative estimate of drug-likeness (QED) is 0.506. The van der Waals surface area contributed by atoms with Crippen molar-refractivity contribution in [2.75, 3.05) is 36.0 Å². The van der Waals surface area contributed by atoms with Crippen LogP contribution in [0.3, 0.4) is 0 Å². The zero-order chi connectivity index (χ0) is 25.2. The number of nitrogens with zero attached hydrogens (tertiary/aromatic N) is 3. The molecule has 3 aromatic rings. The molecule has 5 rings (SSSR count). The second kappa shape index (κ2) is 9.85. The van der Waals surface area contributed by atoms with E-state index in [0.717, 1.165) is 5.69 Å². The van der Waals surface area contributed by atoms with Crippen LogP contribution in [-0.4, -0.2) is 48.9 Å². The van der Waals surface area contributed by atoms with Gasteiger partial charge in [-0.25, -0.2) is 4.39 Å². The van der Waals surface area contributed by atoms with Crippen LogP contribution in [0.25, 0.3) is 6.08 Å². The number of ether oxygens (including phenoxy) is 1. The molecule has 184 valence electrons. The molecule has 2 aliphatic rings. The molecular formula is C29H28FN3O3. The van der Waals surface area contributed by atoms with Crippen molar-refractivity contribution in [3.05, 3.63) is 95.5 Å². The van der Waals surface area contributed by atoms with Crippen LogP contribution in [0, 0.1) is 12.7 Å². The van der Waals surface area contributed by atoms with Gasteiger partial charge in [0.1, 0.15) is 12.4 Å². The van der Waals surface area contributed by atoms with Crippen molar-refractivity contribution >= 4 is 29.3 Å². The molecule has 36 heavy (non-hydrogen) atoms. The summed E-state index contributed by atoms with van der Waals surface area (Å²) >= 11 is 0. The fourth-order valence-electron chi connectivity index (χ4n) is 4.76. The number of aryl methyl sites for hydroxylation is 1. The van der Waals surface area contributed by atoms with Gasteiger partial charge in [0.2, 0.25) is 5.91 Å². The number of rotatable bonds is 4. The molecule has 1 fully saturated rings. The van der Waals surface area contributed by atoms with Crippen LogP contribution in [-0.2, 0) is 9.59 Å². The molecule has 1 saturated heterocycles. The molecule has 0 N–H and O–H groups in total. The predicted octanol–water partition coefficient (Wildman–Crippen LogP) is 4.64. The van der Waals surface area contributed by atoms with Gasteiger partial charge in [0.05, 0.1) is 5.69 Å². The van der Waals surface area contributed by atoms with Crippen LogP contribution >= 0.6 is 0 Å². The summed E-state index contributed by atoms with van der Waals surface area (Å²) in [5.41, 5.74) is 3.11. The van der Waals surface area contributed by atoms with Crippen molar-refractivity contribution in [3.8, 4) is 5.75 Å². The van der Waals surface area contributed by atoms with E-state index in [1.165, 1.54) is 22.6 Å². The minimum absolute atomic E-state index is 0.0239. The molecule has 1 atom stereocenters. The number of carbonyl (C=O) groups is 2. The van der Waals surface area contributed by atoms with E-state index < -0.39 is 11.7 Å². The Morgan fingerprint density at radius 3 is 2.61 bits per heavy atom. The maximum atomic E-state index is 14.2. The predicted molar refractivity (Wildman–Crippen MR) is 138 cm³/mol. The first kappa shape index (κ1) is 23.6. The zero-order valence-electron chi connectivity index (χ0n) is 20.4. The molecule has 0 bridgehead atoms. The van der Waals surface area contributed by atoms with Crippen molar-refractivity contribution < 1.29 is 18.7 Å². The second-order valence-electron chi connectivity index (χ2n) is 9.21. The molecular weight excluding hydrogens is 457 g/mol. The summed E-state index contributed by atoms with van der Waals surface area (Å²) in [5, 5.41) is 0. The van der Waals surface area contributed by atoms with E-state index in [0.29, 0.717) is 31.1 Å². The van der Waals surface area contributed by atoms with E-state index in [4.69, 9.17) is 4.74 Å². The largest absolute Gasteiger partial charge is 0.449 e. The van der Waals surface area contributed by atoms with Gasteiger partial charge in [-0.1, -0.05) is 42.5 Å². The first-order valence-electron chi connectivity index (χ1n) is 12.1. The zero-order valence-corrected chi connectivity index (χ0v) is 20.4. The monoisotopic (exact) mass is 485 g/mol. The lowest BCUT2D eigenvalue weighted by atomic mass is 10.1. The molecule has 6 nitrogen and oxygen atoms in total. The van der Waals surface area contributed by atoms with E-state index in [2.05, 4.69) is 36.9 Å². The number of benzene rings is 3. The Hall–Kier alpha value is -4.13. The molecule has 0 aromatic heterocycles. The lowest BCUT2D eigenvalue weighted by molar-refractivity contribution is -0.132. The molecule has 0 saturated carbocycles. The highest BCUT2D eigenvalue weighted by atomic mass is 19.1. The summed E-state index contributed by atoms with van der Waals surface area (Å²) in [4.78, 5) is 32.3. The third-order valence-corrected chi connectivity index (χ3v) is 6.63. The van der Waals surface area contributed by atoms with Crippen LogP contribution in [0.2, 0.25) is 0 Å². The van der Waals surface area contributed by atoms with E-state index in [1.54, 1.807) is 42.5 Å². The van der Waals surface area contributed by atoms with E-state index in [9.17, 15) is 14.0 Å². The number of para-hydroxylation sites is 2. The minimum Gasteiger partial charge on any atom is -0.449 e. The number of hydrogen-bond donors (Lipinski definition) is 0. The first-order chi connectivity index (χ1) is 17.4. The molecule has 1 unspecified atom stereocenters. The van der Waals surface area contributed by atoms with Gasteiger partial charge in [-0.15, -0.1) is 0 Å². The number of carbonyl (C=O) groups excluding carboxylic acids is 2. The van der Waals surface area contributed by atoms with Gasteiger partial charge in [-0.05, 0) is 55.8 Å². The van der Waals surface area contributed by atoms with Gasteiger partial charge >= 0.3 is 0 Å². The Balaban J connectivity index is 1.35. The van der Waals surface area contributed by atoms with Crippen LogP contribution < -0.4 is 14.5 Å². The highest BCUT2D eigenvalue weighted by Crippen LogP contribution is 2.36. The molecule has 2 aliphatic heterocycles. The number of piperazine rings is 1. The Bertz CT molecular complexity index is 1340. The standard InChI is InChI=1S/C29H28FN3O3/c1-20-8-7-10-23(16-20)32-15-14-31(18-21(32)2)28(34)19-33-25-12-5-6-13-26(25)36-27(29(33)35)17-22-9-3-4-11-24(22)30/h3-13,16-17,21H,14-15,18-19H2,1-2H3. The van der Waals surface area contributed by atoms with E-state index >= 15 is 0 Å². The van der Waals surface area contributed by atoms with E-state index in [1.807, 2.05) is 11.0 Å². The van der Waals surface area contributed by atoms with Gasteiger partial charge < -0.3 is 14.5 Å². The van der Waals surface area contributed by atoms with Crippen molar-refractivity contribution in [1.29, 1.82) is 0 Å². The lowest BCUT2D eigenvalue weighted by Gasteiger charge is -2.42.